The zero-order chi connectivity index (χ0) is 15.4. The number of benzene rings is 1. The highest BCUT2D eigenvalue weighted by Gasteiger charge is 2.14. The molecule has 0 bridgehead atoms. The second-order valence-corrected chi connectivity index (χ2v) is 5.70. The van der Waals surface area contributed by atoms with Gasteiger partial charge in [0.25, 0.3) is 0 Å². The minimum atomic E-state index is -0.121. The molecular weight excluding hydrogens is 266 g/mol. The Balaban J connectivity index is 2.18. The fourth-order valence-electron chi connectivity index (χ4n) is 2.17. The van der Waals surface area contributed by atoms with E-state index in [1.165, 1.54) is 5.56 Å². The maximum atomic E-state index is 9.39. The third-order valence-electron chi connectivity index (χ3n) is 3.53. The summed E-state index contributed by atoms with van der Waals surface area (Å²) in [5.41, 5.74) is 3.75. The predicted molar refractivity (Wildman–Crippen MR) is 81.0 cm³/mol. The molecule has 114 valence electrons. The minimum Gasteiger partial charge on any atom is -0.487 e. The van der Waals surface area contributed by atoms with E-state index in [4.69, 9.17) is 4.74 Å². The van der Waals surface area contributed by atoms with Gasteiger partial charge in [0.1, 0.15) is 23.7 Å². The lowest BCUT2D eigenvalue weighted by Gasteiger charge is -2.13. The van der Waals surface area contributed by atoms with Crippen LogP contribution in [-0.2, 0) is 19.8 Å². The van der Waals surface area contributed by atoms with Gasteiger partial charge in [-0.1, -0.05) is 31.2 Å². The molecule has 0 radical (unpaired) electrons. The van der Waals surface area contributed by atoms with Crippen molar-refractivity contribution in [2.75, 3.05) is 0 Å². The number of aromatic nitrogens is 3. The van der Waals surface area contributed by atoms with Crippen LogP contribution in [0.1, 0.15) is 36.4 Å². The Hall–Kier alpha value is -1.88. The molecule has 0 saturated carbocycles. The molecule has 0 spiro atoms. The van der Waals surface area contributed by atoms with Crippen LogP contribution in [0.25, 0.3) is 0 Å². The highest BCUT2D eigenvalue weighted by atomic mass is 16.5. The number of nitrogens with zero attached hydrogens (tertiary/aromatic N) is 3. The largest absolute Gasteiger partial charge is 0.487 e. The van der Waals surface area contributed by atoms with Crippen LogP contribution in [0.5, 0.6) is 5.75 Å². The van der Waals surface area contributed by atoms with Crippen molar-refractivity contribution in [3.8, 4) is 5.75 Å². The Bertz CT molecular complexity index is 606. The molecule has 5 nitrogen and oxygen atoms in total. The Kier molecular flexibility index (Phi) is 4.96. The third-order valence-corrected chi connectivity index (χ3v) is 3.53. The van der Waals surface area contributed by atoms with Crippen molar-refractivity contribution in [1.29, 1.82) is 0 Å². The summed E-state index contributed by atoms with van der Waals surface area (Å²) in [6, 6.07) is 6.00. The van der Waals surface area contributed by atoms with Crippen molar-refractivity contribution in [2.24, 2.45) is 5.92 Å². The molecule has 1 N–H and O–H groups in total. The molecule has 1 aromatic carbocycles. The summed E-state index contributed by atoms with van der Waals surface area (Å²) in [6.45, 7) is 9.35. The van der Waals surface area contributed by atoms with E-state index in [2.05, 4.69) is 37.1 Å². The lowest BCUT2D eigenvalue weighted by Crippen LogP contribution is -2.13. The Labute approximate surface area is 125 Å². The van der Waals surface area contributed by atoms with Gasteiger partial charge in [0.15, 0.2) is 0 Å². The van der Waals surface area contributed by atoms with Crippen LogP contribution < -0.4 is 4.74 Å². The Morgan fingerprint density at radius 2 is 2.05 bits per heavy atom. The highest BCUT2D eigenvalue weighted by molar-refractivity contribution is 5.38. The van der Waals surface area contributed by atoms with E-state index in [0.29, 0.717) is 18.2 Å². The van der Waals surface area contributed by atoms with Gasteiger partial charge in [-0.05, 0) is 37.0 Å². The molecule has 2 aromatic rings. The van der Waals surface area contributed by atoms with E-state index in [-0.39, 0.29) is 6.61 Å². The molecular formula is C16H23N3O2. The fourth-order valence-corrected chi connectivity index (χ4v) is 2.17. The van der Waals surface area contributed by atoms with Crippen molar-refractivity contribution in [3.05, 3.63) is 40.7 Å². The maximum Gasteiger partial charge on any atom is 0.132 e. The van der Waals surface area contributed by atoms with Crippen LogP contribution >= 0.6 is 0 Å². The van der Waals surface area contributed by atoms with Gasteiger partial charge < -0.3 is 9.84 Å². The van der Waals surface area contributed by atoms with E-state index in [1.54, 1.807) is 0 Å². The number of aliphatic hydroxyl groups excluding tert-OH is 1. The Morgan fingerprint density at radius 3 is 2.71 bits per heavy atom. The number of aryl methyl sites for hydroxylation is 1. The van der Waals surface area contributed by atoms with Gasteiger partial charge >= 0.3 is 0 Å². The first-order valence-corrected chi connectivity index (χ1v) is 7.24. The molecule has 0 unspecified atom stereocenters. The summed E-state index contributed by atoms with van der Waals surface area (Å²) in [5, 5.41) is 17.5. The van der Waals surface area contributed by atoms with Gasteiger partial charge in [0, 0.05) is 6.54 Å². The number of ether oxygens (including phenoxy) is 1. The predicted octanol–water partition coefficient (Wildman–Crippen LogP) is 2.62. The smallest absolute Gasteiger partial charge is 0.132 e. The van der Waals surface area contributed by atoms with Gasteiger partial charge in [0.05, 0.1) is 6.61 Å². The van der Waals surface area contributed by atoms with Crippen LogP contribution in [0.2, 0.25) is 0 Å². The molecule has 0 aliphatic heterocycles. The highest BCUT2D eigenvalue weighted by Crippen LogP contribution is 2.22. The first-order chi connectivity index (χ1) is 10.0. The average Bonchev–Trinajstić information content (AvgIpc) is 2.82. The number of rotatable bonds is 6. The number of aliphatic hydroxyl groups is 1. The molecule has 1 heterocycles. The molecule has 1 aromatic heterocycles. The van der Waals surface area contributed by atoms with Crippen LogP contribution in [0.15, 0.2) is 18.2 Å². The molecule has 0 atom stereocenters. The zero-order valence-electron chi connectivity index (χ0n) is 13.1. The third kappa shape index (κ3) is 3.61. The summed E-state index contributed by atoms with van der Waals surface area (Å²) in [6.07, 6.45) is 0. The monoisotopic (exact) mass is 289 g/mol. The summed E-state index contributed by atoms with van der Waals surface area (Å²) in [7, 11) is 0. The standard InChI is InChI=1S/C16H23N3O2/c1-11(2)8-19-15(14(9-20)17-18-19)10-21-16-7-5-6-12(3)13(16)4/h5-7,11,20H,8-10H2,1-4H3. The fraction of sp³-hybridized carbons (Fsp3) is 0.500. The lowest BCUT2D eigenvalue weighted by atomic mass is 10.1. The van der Waals surface area contributed by atoms with Crippen molar-refractivity contribution in [3.63, 3.8) is 0 Å². The molecule has 0 aliphatic carbocycles. The van der Waals surface area contributed by atoms with Crippen LogP contribution in [0, 0.1) is 19.8 Å². The minimum absolute atomic E-state index is 0.121. The van der Waals surface area contributed by atoms with Gasteiger partial charge in [-0.15, -0.1) is 5.10 Å². The van der Waals surface area contributed by atoms with Crippen LogP contribution in [0.3, 0.4) is 0 Å². The summed E-state index contributed by atoms with van der Waals surface area (Å²) in [5.74, 6) is 1.31. The molecule has 0 aliphatic rings. The van der Waals surface area contributed by atoms with E-state index < -0.39 is 0 Å². The topological polar surface area (TPSA) is 60.2 Å². The molecule has 0 amide bonds. The zero-order valence-corrected chi connectivity index (χ0v) is 13.1. The second kappa shape index (κ2) is 6.72. The van der Waals surface area contributed by atoms with Crippen LogP contribution in [0.4, 0.5) is 0 Å². The Morgan fingerprint density at radius 1 is 1.29 bits per heavy atom. The molecule has 2 rings (SSSR count). The molecule has 21 heavy (non-hydrogen) atoms. The van der Waals surface area contributed by atoms with Crippen molar-refractivity contribution in [2.45, 2.75) is 47.5 Å². The summed E-state index contributed by atoms with van der Waals surface area (Å²) >= 11 is 0. The van der Waals surface area contributed by atoms with Gasteiger partial charge in [0.2, 0.25) is 0 Å². The first kappa shape index (κ1) is 15.5. The van der Waals surface area contributed by atoms with E-state index in [9.17, 15) is 5.11 Å². The quantitative estimate of drug-likeness (QED) is 0.888. The van der Waals surface area contributed by atoms with E-state index >= 15 is 0 Å². The van der Waals surface area contributed by atoms with Gasteiger partial charge in [-0.3, -0.25) is 0 Å². The van der Waals surface area contributed by atoms with Crippen molar-refractivity contribution in [1.82, 2.24) is 15.0 Å². The molecule has 5 heteroatoms. The van der Waals surface area contributed by atoms with Crippen LogP contribution in [-0.4, -0.2) is 20.1 Å². The number of hydrogen-bond donors (Lipinski definition) is 1. The van der Waals surface area contributed by atoms with Crippen molar-refractivity contribution < 1.29 is 9.84 Å². The van der Waals surface area contributed by atoms with E-state index in [1.807, 2.05) is 23.7 Å². The summed E-state index contributed by atoms with van der Waals surface area (Å²) < 4.78 is 7.74. The van der Waals surface area contributed by atoms with Crippen molar-refractivity contribution >= 4 is 0 Å². The molecule has 0 saturated heterocycles. The number of hydrogen-bond acceptors (Lipinski definition) is 4. The van der Waals surface area contributed by atoms with Gasteiger partial charge in [-0.25, -0.2) is 4.68 Å². The average molecular weight is 289 g/mol. The first-order valence-electron chi connectivity index (χ1n) is 7.24. The van der Waals surface area contributed by atoms with E-state index in [0.717, 1.165) is 23.6 Å². The lowest BCUT2D eigenvalue weighted by molar-refractivity contribution is 0.259. The molecule has 0 fully saturated rings. The summed E-state index contributed by atoms with van der Waals surface area (Å²) in [4.78, 5) is 0. The SMILES string of the molecule is Cc1cccc(OCc2c(CO)nnn2CC(C)C)c1C. The maximum absolute atomic E-state index is 9.39. The normalized spacial score (nSPS) is 11.1. The van der Waals surface area contributed by atoms with Gasteiger partial charge in [-0.2, -0.15) is 0 Å². The second-order valence-electron chi connectivity index (χ2n) is 5.70.